The average Bonchev–Trinajstić information content (AvgIpc) is 2.83. The van der Waals surface area contributed by atoms with Gasteiger partial charge in [0.2, 0.25) is 0 Å². The Morgan fingerprint density at radius 2 is 1.62 bits per heavy atom. The van der Waals surface area contributed by atoms with Crippen molar-refractivity contribution in [2.75, 3.05) is 34.3 Å². The maximum atomic E-state index is 12.3. The second-order valence-corrected chi connectivity index (χ2v) is 9.86. The third kappa shape index (κ3) is 4.97. The number of halogens is 1. The summed E-state index contributed by atoms with van der Waals surface area (Å²) in [5, 5.41) is 0.486. The molecular weight excluding hydrogens is 420 g/mol. The highest BCUT2D eigenvalue weighted by molar-refractivity contribution is 6.34. The molecule has 2 aromatic carbocycles. The fraction of sp³-hybridized carbons (Fsp3) is 0.519. The molecule has 0 N–H and O–H groups in total. The molecule has 0 spiro atoms. The van der Waals surface area contributed by atoms with Gasteiger partial charge in [0.1, 0.15) is 5.75 Å². The van der Waals surface area contributed by atoms with Crippen molar-refractivity contribution in [3.05, 3.63) is 52.5 Å². The maximum Gasteiger partial charge on any atom is 0.254 e. The van der Waals surface area contributed by atoms with Crippen LogP contribution in [0.25, 0.3) is 11.1 Å². The molecule has 0 atom stereocenters. The third-order valence-corrected chi connectivity index (χ3v) is 7.54. The number of rotatable bonds is 5. The van der Waals surface area contributed by atoms with E-state index in [-0.39, 0.29) is 5.91 Å². The Bertz CT molecular complexity index is 945. The Morgan fingerprint density at radius 1 is 0.969 bits per heavy atom. The lowest BCUT2D eigenvalue weighted by Crippen LogP contribution is -2.41. The molecule has 4 nitrogen and oxygen atoms in total. The van der Waals surface area contributed by atoms with Crippen LogP contribution in [0.5, 0.6) is 5.75 Å². The molecule has 32 heavy (non-hydrogen) atoms. The van der Waals surface area contributed by atoms with Crippen molar-refractivity contribution in [2.45, 2.75) is 56.9 Å². The SMILES string of the molecule is COc1ccc(-c2ccc(C(=O)N(C)C)c(Cl)c2)cc1C1CCN(C2CCCCC2)CC1. The number of carbonyl (C=O) groups excluding carboxylic acids is 1. The molecule has 1 saturated carbocycles. The summed E-state index contributed by atoms with van der Waals surface area (Å²) in [6, 6.07) is 12.9. The zero-order valence-corrected chi connectivity index (χ0v) is 20.3. The topological polar surface area (TPSA) is 32.8 Å². The van der Waals surface area contributed by atoms with E-state index < -0.39 is 0 Å². The smallest absolute Gasteiger partial charge is 0.254 e. The molecule has 2 fully saturated rings. The van der Waals surface area contributed by atoms with Crippen LogP contribution in [-0.4, -0.2) is 56.0 Å². The predicted octanol–water partition coefficient (Wildman–Crippen LogP) is 6.23. The zero-order valence-electron chi connectivity index (χ0n) is 19.6. The van der Waals surface area contributed by atoms with Crippen molar-refractivity contribution in [3.63, 3.8) is 0 Å². The van der Waals surface area contributed by atoms with Gasteiger partial charge in [0.25, 0.3) is 5.91 Å². The predicted molar refractivity (Wildman–Crippen MR) is 132 cm³/mol. The number of ether oxygens (including phenoxy) is 1. The summed E-state index contributed by atoms with van der Waals surface area (Å²) in [5.41, 5.74) is 3.96. The van der Waals surface area contributed by atoms with Gasteiger partial charge >= 0.3 is 0 Å². The average molecular weight is 455 g/mol. The van der Waals surface area contributed by atoms with Gasteiger partial charge in [-0.15, -0.1) is 0 Å². The Labute approximate surface area is 197 Å². The van der Waals surface area contributed by atoms with Crippen molar-refractivity contribution in [3.8, 4) is 16.9 Å². The van der Waals surface area contributed by atoms with Crippen LogP contribution >= 0.6 is 11.6 Å². The summed E-state index contributed by atoms with van der Waals surface area (Å²) in [6.07, 6.45) is 9.28. The molecule has 1 aliphatic heterocycles. The van der Waals surface area contributed by atoms with Gasteiger partial charge in [0.15, 0.2) is 0 Å². The first-order valence-corrected chi connectivity index (χ1v) is 12.3. The van der Waals surface area contributed by atoms with Gasteiger partial charge < -0.3 is 14.5 Å². The Kier molecular flexibility index (Phi) is 7.42. The van der Waals surface area contributed by atoms with Gasteiger partial charge in [0.05, 0.1) is 17.7 Å². The normalized spacial score (nSPS) is 18.5. The van der Waals surface area contributed by atoms with Crippen LogP contribution in [-0.2, 0) is 0 Å². The van der Waals surface area contributed by atoms with Gasteiger partial charge in [-0.2, -0.15) is 0 Å². The van der Waals surface area contributed by atoms with Crippen LogP contribution in [0.1, 0.15) is 66.8 Å². The van der Waals surface area contributed by atoms with Crippen molar-refractivity contribution in [1.82, 2.24) is 9.80 Å². The Balaban J connectivity index is 1.53. The lowest BCUT2D eigenvalue weighted by molar-refractivity contribution is 0.0828. The van der Waals surface area contributed by atoms with Crippen LogP contribution in [0, 0.1) is 0 Å². The van der Waals surface area contributed by atoms with Crippen LogP contribution < -0.4 is 4.74 Å². The lowest BCUT2D eigenvalue weighted by atomic mass is 9.85. The molecular formula is C27H35ClN2O2. The number of benzene rings is 2. The number of nitrogens with zero attached hydrogens (tertiary/aromatic N) is 2. The zero-order chi connectivity index (χ0) is 22.7. The summed E-state index contributed by atoms with van der Waals surface area (Å²) in [5.74, 6) is 1.40. The van der Waals surface area contributed by atoms with E-state index in [4.69, 9.17) is 16.3 Å². The van der Waals surface area contributed by atoms with Crippen molar-refractivity contribution in [2.24, 2.45) is 0 Å². The molecule has 172 valence electrons. The van der Waals surface area contributed by atoms with Crippen LogP contribution in [0.15, 0.2) is 36.4 Å². The molecule has 4 rings (SSSR count). The van der Waals surface area contributed by atoms with E-state index in [9.17, 15) is 4.79 Å². The van der Waals surface area contributed by atoms with Gasteiger partial charge in [-0.3, -0.25) is 4.79 Å². The van der Waals surface area contributed by atoms with Crippen LogP contribution in [0.2, 0.25) is 5.02 Å². The second kappa shape index (κ2) is 10.3. The van der Waals surface area contributed by atoms with Crippen LogP contribution in [0.4, 0.5) is 0 Å². The van der Waals surface area contributed by atoms with E-state index in [1.54, 1.807) is 26.1 Å². The first kappa shape index (κ1) is 23.1. The summed E-state index contributed by atoms with van der Waals surface area (Å²) >= 11 is 6.48. The molecule has 0 radical (unpaired) electrons. The first-order valence-electron chi connectivity index (χ1n) is 11.9. The van der Waals surface area contributed by atoms with E-state index in [1.807, 2.05) is 18.2 Å². The molecule has 0 unspecified atom stereocenters. The van der Waals surface area contributed by atoms with E-state index in [0.29, 0.717) is 16.5 Å². The Morgan fingerprint density at radius 3 is 2.25 bits per heavy atom. The number of hydrogen-bond acceptors (Lipinski definition) is 3. The highest BCUT2D eigenvalue weighted by Crippen LogP contribution is 2.39. The third-order valence-electron chi connectivity index (χ3n) is 7.23. The number of methoxy groups -OCH3 is 1. The fourth-order valence-electron chi connectivity index (χ4n) is 5.36. The molecule has 1 amide bonds. The van der Waals surface area contributed by atoms with Crippen molar-refractivity contribution in [1.29, 1.82) is 0 Å². The number of piperidine rings is 1. The number of hydrogen-bond donors (Lipinski definition) is 0. The van der Waals surface area contributed by atoms with Crippen molar-refractivity contribution < 1.29 is 9.53 Å². The molecule has 2 aromatic rings. The van der Waals surface area contributed by atoms with Gasteiger partial charge in [-0.25, -0.2) is 0 Å². The number of carbonyl (C=O) groups is 1. The minimum Gasteiger partial charge on any atom is -0.496 e. The maximum absolute atomic E-state index is 12.3. The lowest BCUT2D eigenvalue weighted by Gasteiger charge is -2.39. The molecule has 1 aliphatic carbocycles. The van der Waals surface area contributed by atoms with Crippen molar-refractivity contribution >= 4 is 17.5 Å². The summed E-state index contributed by atoms with van der Waals surface area (Å²) in [7, 11) is 5.23. The highest BCUT2D eigenvalue weighted by atomic mass is 35.5. The van der Waals surface area contributed by atoms with Crippen LogP contribution in [0.3, 0.4) is 0 Å². The monoisotopic (exact) mass is 454 g/mol. The molecule has 1 saturated heterocycles. The van der Waals surface area contributed by atoms with E-state index in [0.717, 1.165) is 22.9 Å². The molecule has 0 bridgehead atoms. The minimum atomic E-state index is -0.0818. The largest absolute Gasteiger partial charge is 0.496 e. The molecule has 1 heterocycles. The van der Waals surface area contributed by atoms with E-state index in [2.05, 4.69) is 23.1 Å². The summed E-state index contributed by atoms with van der Waals surface area (Å²) in [4.78, 5) is 16.6. The molecule has 0 aromatic heterocycles. The highest BCUT2D eigenvalue weighted by Gasteiger charge is 2.28. The van der Waals surface area contributed by atoms with Gasteiger partial charge in [0, 0.05) is 20.1 Å². The minimum absolute atomic E-state index is 0.0818. The van der Waals surface area contributed by atoms with E-state index >= 15 is 0 Å². The quantitative estimate of drug-likeness (QED) is 0.536. The van der Waals surface area contributed by atoms with Gasteiger partial charge in [-0.05, 0) is 85.6 Å². The number of likely N-dealkylation sites (tertiary alicyclic amines) is 1. The second-order valence-electron chi connectivity index (χ2n) is 9.45. The summed E-state index contributed by atoms with van der Waals surface area (Å²) < 4.78 is 5.74. The van der Waals surface area contributed by atoms with E-state index in [1.165, 1.54) is 63.6 Å². The molecule has 2 aliphatic rings. The summed E-state index contributed by atoms with van der Waals surface area (Å²) in [6.45, 7) is 2.35. The first-order chi connectivity index (χ1) is 15.5. The van der Waals surface area contributed by atoms with Gasteiger partial charge in [-0.1, -0.05) is 43.0 Å². The fourth-order valence-corrected chi connectivity index (χ4v) is 5.63. The number of amides is 1. The molecule has 5 heteroatoms. The standard InChI is InChI=1S/C27H35ClN2O2/c1-29(2)27(31)23-11-9-21(18-25(23)28)20-10-12-26(32-3)24(17-20)19-13-15-30(16-14-19)22-7-5-4-6-8-22/h9-12,17-19,22H,4-8,13-16H2,1-3H3. The Hall–Kier alpha value is -2.04.